The Morgan fingerprint density at radius 1 is 0.978 bits per heavy atom. The maximum absolute atomic E-state index is 13.5. The van der Waals surface area contributed by atoms with Crippen LogP contribution in [0.3, 0.4) is 0 Å². The largest absolute Gasteiger partial charge is 0.493 e. The number of nitrogens with one attached hydrogen (secondary N) is 1. The van der Waals surface area contributed by atoms with Crippen molar-refractivity contribution in [3.63, 3.8) is 0 Å². The molecule has 2 saturated heterocycles. The third kappa shape index (κ3) is 7.29. The van der Waals surface area contributed by atoms with Gasteiger partial charge in [-0.1, -0.05) is 59.6 Å². The molecule has 2 fully saturated rings. The zero-order chi connectivity index (χ0) is 32.0. The maximum Gasteiger partial charge on any atom is 0.287 e. The summed E-state index contributed by atoms with van der Waals surface area (Å²) in [6.45, 7) is 3.12. The van der Waals surface area contributed by atoms with Crippen molar-refractivity contribution in [2.75, 3.05) is 31.6 Å². The smallest absolute Gasteiger partial charge is 0.287 e. The number of hydrogen-bond acceptors (Lipinski definition) is 6. The number of anilines is 1. The molecule has 0 bridgehead atoms. The summed E-state index contributed by atoms with van der Waals surface area (Å²) in [5, 5.41) is 4.10. The normalized spacial score (nSPS) is 16.0. The van der Waals surface area contributed by atoms with E-state index in [9.17, 15) is 14.4 Å². The first-order valence-electron chi connectivity index (χ1n) is 15.8. The first kappa shape index (κ1) is 31.4. The minimum absolute atomic E-state index is 0.0693. The summed E-state index contributed by atoms with van der Waals surface area (Å²) in [5.41, 5.74) is 4.55. The van der Waals surface area contributed by atoms with Crippen molar-refractivity contribution in [1.29, 1.82) is 0 Å². The fraction of sp³-hybridized carbons (Fsp3) is 0.324. The molecule has 0 unspecified atom stereocenters. The molecule has 3 heterocycles. The highest BCUT2D eigenvalue weighted by molar-refractivity contribution is 6.30. The van der Waals surface area contributed by atoms with Crippen LogP contribution in [0.15, 0.2) is 93.7 Å². The minimum Gasteiger partial charge on any atom is -0.493 e. The number of benzene rings is 3. The van der Waals surface area contributed by atoms with Gasteiger partial charge in [0.05, 0.1) is 18.5 Å². The summed E-state index contributed by atoms with van der Waals surface area (Å²) in [4.78, 5) is 43.2. The van der Waals surface area contributed by atoms with Crippen LogP contribution in [-0.4, -0.2) is 49.5 Å². The van der Waals surface area contributed by atoms with Crippen LogP contribution in [0.4, 0.5) is 5.69 Å². The van der Waals surface area contributed by atoms with Crippen molar-refractivity contribution in [2.24, 2.45) is 0 Å². The number of methoxy groups -OCH3 is 1. The highest BCUT2D eigenvalue weighted by Gasteiger charge is 2.23. The first-order chi connectivity index (χ1) is 22.4. The highest BCUT2D eigenvalue weighted by atomic mass is 35.5. The Morgan fingerprint density at radius 2 is 1.76 bits per heavy atom. The van der Waals surface area contributed by atoms with E-state index in [1.54, 1.807) is 18.2 Å². The monoisotopic (exact) mass is 639 g/mol. The van der Waals surface area contributed by atoms with E-state index in [4.69, 9.17) is 20.8 Å². The van der Waals surface area contributed by atoms with E-state index in [0.29, 0.717) is 35.5 Å². The molecule has 238 valence electrons. The second kappa shape index (κ2) is 14.3. The summed E-state index contributed by atoms with van der Waals surface area (Å²) in [7, 11) is 1.50. The Kier molecular flexibility index (Phi) is 9.73. The van der Waals surface area contributed by atoms with Crippen molar-refractivity contribution < 1.29 is 18.7 Å². The number of carbonyl (C=O) groups excluding carboxylic acids is 2. The lowest BCUT2D eigenvalue weighted by Crippen LogP contribution is -2.37. The maximum atomic E-state index is 13.5. The molecular weight excluding hydrogens is 602 g/mol. The molecule has 2 amide bonds. The highest BCUT2D eigenvalue weighted by Crippen LogP contribution is 2.29. The number of rotatable bonds is 9. The fourth-order valence-electron chi connectivity index (χ4n) is 6.36. The molecule has 0 radical (unpaired) electrons. The van der Waals surface area contributed by atoms with Gasteiger partial charge in [-0.05, 0) is 73.6 Å². The van der Waals surface area contributed by atoms with Crippen LogP contribution in [0.2, 0.25) is 5.02 Å². The molecule has 2 aliphatic rings. The number of carbonyl (C=O) groups is 2. The molecular formula is C37H38ClN3O5. The number of fused-ring (bicyclic) bond motifs is 1. The van der Waals surface area contributed by atoms with Gasteiger partial charge in [-0.2, -0.15) is 0 Å². The summed E-state index contributed by atoms with van der Waals surface area (Å²) in [5.74, 6) is 0.0835. The summed E-state index contributed by atoms with van der Waals surface area (Å²) in [6, 6.07) is 21.9. The molecule has 6 rings (SSSR count). The Morgan fingerprint density at radius 3 is 2.52 bits per heavy atom. The van der Waals surface area contributed by atoms with Crippen LogP contribution in [0, 0.1) is 0 Å². The van der Waals surface area contributed by atoms with E-state index in [1.165, 1.54) is 30.0 Å². The summed E-state index contributed by atoms with van der Waals surface area (Å²) >= 11 is 6.13. The third-order valence-electron chi connectivity index (χ3n) is 8.81. The van der Waals surface area contributed by atoms with Crippen molar-refractivity contribution in [2.45, 2.75) is 51.1 Å². The van der Waals surface area contributed by atoms with E-state index >= 15 is 0 Å². The number of piperidine rings is 2. The van der Waals surface area contributed by atoms with Gasteiger partial charge >= 0.3 is 0 Å². The van der Waals surface area contributed by atoms with Crippen molar-refractivity contribution >= 4 is 40.1 Å². The lowest BCUT2D eigenvalue weighted by molar-refractivity contribution is -0.133. The number of hydrogen-bond donors (Lipinski definition) is 1. The van der Waals surface area contributed by atoms with Crippen LogP contribution in [0.5, 0.6) is 5.75 Å². The van der Waals surface area contributed by atoms with Gasteiger partial charge in [0.2, 0.25) is 5.91 Å². The lowest BCUT2D eigenvalue weighted by atomic mass is 9.97. The van der Waals surface area contributed by atoms with E-state index < -0.39 is 5.91 Å². The van der Waals surface area contributed by atoms with Crippen LogP contribution >= 0.6 is 11.6 Å². The number of likely N-dealkylation sites (tertiary alicyclic amines) is 1. The second-order valence-electron chi connectivity index (χ2n) is 11.9. The number of para-hydroxylation sites is 2. The second-order valence-corrected chi connectivity index (χ2v) is 12.4. The van der Waals surface area contributed by atoms with Gasteiger partial charge < -0.3 is 24.3 Å². The van der Waals surface area contributed by atoms with Crippen LogP contribution in [0.1, 0.15) is 53.8 Å². The Hall–Kier alpha value is -4.56. The van der Waals surface area contributed by atoms with Gasteiger partial charge in [-0.3, -0.25) is 14.4 Å². The molecule has 0 aliphatic carbocycles. The van der Waals surface area contributed by atoms with Gasteiger partial charge in [0.15, 0.2) is 22.5 Å². The average molecular weight is 640 g/mol. The third-order valence-corrected chi connectivity index (χ3v) is 9.06. The predicted molar refractivity (Wildman–Crippen MR) is 181 cm³/mol. The Labute approximate surface area is 273 Å². The molecule has 3 aromatic carbocycles. The van der Waals surface area contributed by atoms with E-state index in [1.807, 2.05) is 35.2 Å². The van der Waals surface area contributed by atoms with E-state index in [-0.39, 0.29) is 28.7 Å². The fourth-order valence-corrected chi connectivity index (χ4v) is 6.49. The molecule has 4 aromatic rings. The summed E-state index contributed by atoms with van der Waals surface area (Å²) < 4.78 is 11.3. The average Bonchev–Trinajstić information content (AvgIpc) is 3.07. The summed E-state index contributed by atoms with van der Waals surface area (Å²) in [6.07, 6.45) is 7.03. The van der Waals surface area contributed by atoms with Gasteiger partial charge in [0.25, 0.3) is 5.91 Å². The first-order valence-corrected chi connectivity index (χ1v) is 16.2. The van der Waals surface area contributed by atoms with Crippen molar-refractivity contribution in [3.05, 3.63) is 117 Å². The standard InChI is InChI=1S/C37H38ClN3O5/c1-45-33-10-6-8-30-32(42)23-34(46-36(30)33)37(44)39-29(21-25-12-14-28(38)15-13-25)22-26-16-19-40(20-17-26)31-9-3-2-7-27(31)24-41-18-5-4-11-35(41)43/h2-3,6-10,12-15,22-23,29H,4-5,11,16-21,24H2,1H3,(H,39,44)/t29-/m1/s1. The van der Waals surface area contributed by atoms with Crippen molar-refractivity contribution in [3.8, 4) is 5.75 Å². The minimum atomic E-state index is -0.473. The molecule has 46 heavy (non-hydrogen) atoms. The van der Waals surface area contributed by atoms with E-state index in [2.05, 4.69) is 34.5 Å². The van der Waals surface area contributed by atoms with Crippen molar-refractivity contribution in [1.82, 2.24) is 10.2 Å². The van der Waals surface area contributed by atoms with Gasteiger partial charge in [-0.15, -0.1) is 0 Å². The molecule has 1 atom stereocenters. The lowest BCUT2D eigenvalue weighted by Gasteiger charge is -2.34. The zero-order valence-electron chi connectivity index (χ0n) is 26.0. The van der Waals surface area contributed by atoms with Gasteiger partial charge in [0.1, 0.15) is 0 Å². The molecule has 2 aliphatic heterocycles. The van der Waals surface area contributed by atoms with Crippen LogP contribution in [0.25, 0.3) is 11.0 Å². The van der Waals surface area contributed by atoms with Crippen LogP contribution in [-0.2, 0) is 17.8 Å². The zero-order valence-corrected chi connectivity index (χ0v) is 26.7. The van der Waals surface area contributed by atoms with E-state index in [0.717, 1.165) is 50.9 Å². The van der Waals surface area contributed by atoms with Gasteiger partial charge in [0, 0.05) is 49.4 Å². The molecule has 1 N–H and O–H groups in total. The molecule has 0 saturated carbocycles. The number of halogens is 1. The number of amides is 2. The molecule has 9 heteroatoms. The molecule has 8 nitrogen and oxygen atoms in total. The number of ether oxygens (including phenoxy) is 1. The number of nitrogens with zero attached hydrogens (tertiary/aromatic N) is 2. The van der Waals surface area contributed by atoms with Gasteiger partial charge in [-0.25, -0.2) is 0 Å². The predicted octanol–water partition coefficient (Wildman–Crippen LogP) is 6.54. The molecule has 1 aromatic heterocycles. The Balaban J connectivity index is 1.20. The molecule has 0 spiro atoms. The van der Waals surface area contributed by atoms with Crippen LogP contribution < -0.4 is 20.4 Å². The SMILES string of the molecule is COc1cccc2c(=O)cc(C(=O)N[C@@H](C=C3CCN(c4ccccc4CN4CCCCC4=O)CC3)Cc3ccc(Cl)cc3)oc12. The topological polar surface area (TPSA) is 92.1 Å². The Bertz CT molecular complexity index is 1810. The quantitative estimate of drug-likeness (QED) is 0.209.